The molecule has 0 nitrogen and oxygen atoms in total. The van der Waals surface area contributed by atoms with Gasteiger partial charge in [-0.2, -0.15) is 0 Å². The molecule has 0 heterocycles. The van der Waals surface area contributed by atoms with E-state index in [2.05, 4.69) is 27.7 Å². The van der Waals surface area contributed by atoms with Crippen molar-refractivity contribution >= 4 is 0 Å². The van der Waals surface area contributed by atoms with E-state index in [0.717, 1.165) is 0 Å². The van der Waals surface area contributed by atoms with Crippen molar-refractivity contribution in [2.75, 3.05) is 0 Å². The van der Waals surface area contributed by atoms with Gasteiger partial charge in [0, 0.05) is 0 Å². The molecule has 1 fully saturated rings. The normalized spacial score (nSPS) is 13.8. The smallest absolute Gasteiger partial charge is 0.0533 e. The molecule has 0 N–H and O–H groups in total. The fraction of sp³-hybridized carbons (Fsp3) is 1.00. The summed E-state index contributed by atoms with van der Waals surface area (Å²) in [7, 11) is 0. The quantitative estimate of drug-likeness (QED) is 0.393. The molecule has 0 saturated heterocycles. The first-order valence-corrected chi connectivity index (χ1v) is 9.83. The minimum atomic E-state index is 1.36. The maximum atomic E-state index is 2.25. The molecular weight excluding hydrogens is 240 g/mol. The summed E-state index contributed by atoms with van der Waals surface area (Å²) in [6, 6.07) is 0. The van der Waals surface area contributed by atoms with Crippen LogP contribution in [0, 0.1) is 0 Å². The second-order valence-corrected chi connectivity index (χ2v) is 6.24. The Morgan fingerprint density at radius 3 is 0.700 bits per heavy atom. The number of hydrogen-bond donors (Lipinski definition) is 0. The van der Waals surface area contributed by atoms with Crippen molar-refractivity contribution in [1.29, 1.82) is 0 Å². The van der Waals surface area contributed by atoms with Gasteiger partial charge in [-0.05, 0) is 0 Å². The summed E-state index contributed by atoms with van der Waals surface area (Å²) in [5, 5.41) is 0. The second-order valence-electron chi connectivity index (χ2n) is 6.24. The molecule has 1 rings (SSSR count). The van der Waals surface area contributed by atoms with Crippen LogP contribution in [0.25, 0.3) is 0 Å². The van der Waals surface area contributed by atoms with Gasteiger partial charge in [-0.3, -0.25) is 0 Å². The maximum Gasteiger partial charge on any atom is -0.0533 e. The van der Waals surface area contributed by atoms with Gasteiger partial charge in [0.05, 0.1) is 0 Å². The molecule has 20 heavy (non-hydrogen) atoms. The molecule has 0 atom stereocenters. The molecule has 0 amide bonds. The van der Waals surface area contributed by atoms with Gasteiger partial charge in [0.1, 0.15) is 0 Å². The van der Waals surface area contributed by atoms with Gasteiger partial charge in [-0.25, -0.2) is 0 Å². The van der Waals surface area contributed by atoms with E-state index in [-0.39, 0.29) is 0 Å². The minimum absolute atomic E-state index is 1.36. The lowest BCUT2D eigenvalue weighted by Crippen LogP contribution is -1.85. The van der Waals surface area contributed by atoms with Crippen LogP contribution in [0.3, 0.4) is 0 Å². The molecule has 0 aromatic rings. The van der Waals surface area contributed by atoms with Crippen LogP contribution in [0.2, 0.25) is 0 Å². The van der Waals surface area contributed by atoms with E-state index >= 15 is 0 Å². The third-order valence-electron chi connectivity index (χ3n) is 3.91. The van der Waals surface area contributed by atoms with Crippen molar-refractivity contribution < 1.29 is 0 Å². The van der Waals surface area contributed by atoms with Gasteiger partial charge in [0.25, 0.3) is 0 Å². The summed E-state index contributed by atoms with van der Waals surface area (Å²) in [4.78, 5) is 0. The highest BCUT2D eigenvalue weighted by Crippen LogP contribution is 2.15. The Labute approximate surface area is 131 Å². The molecule has 0 bridgehead atoms. The monoisotopic (exact) mass is 284 g/mol. The number of hydrogen-bond acceptors (Lipinski definition) is 0. The van der Waals surface area contributed by atoms with Gasteiger partial charge in [-0.15, -0.1) is 0 Å². The third kappa shape index (κ3) is 26.5. The van der Waals surface area contributed by atoms with Crippen LogP contribution < -0.4 is 0 Å². The van der Waals surface area contributed by atoms with E-state index in [0.29, 0.717) is 0 Å². The summed E-state index contributed by atoms with van der Waals surface area (Å²) < 4.78 is 0. The zero-order valence-electron chi connectivity index (χ0n) is 15.3. The largest absolute Gasteiger partial charge is 0.0654 e. The molecule has 0 aliphatic heterocycles. The van der Waals surface area contributed by atoms with Crippen molar-refractivity contribution in [3.05, 3.63) is 0 Å². The highest BCUT2D eigenvalue weighted by molar-refractivity contribution is 4.51. The van der Waals surface area contributed by atoms with Gasteiger partial charge in [0.2, 0.25) is 0 Å². The molecule has 0 aromatic carbocycles. The molecule has 0 radical (unpaired) electrons. The zero-order chi connectivity index (χ0) is 15.3. The first-order valence-electron chi connectivity index (χ1n) is 9.83. The predicted octanol–water partition coefficient (Wildman–Crippen LogP) is 8.29. The van der Waals surface area contributed by atoms with E-state index in [1.54, 1.807) is 0 Å². The van der Waals surface area contributed by atoms with Gasteiger partial charge < -0.3 is 0 Å². The van der Waals surface area contributed by atoms with E-state index in [1.165, 1.54) is 103 Å². The van der Waals surface area contributed by atoms with Gasteiger partial charge >= 0.3 is 0 Å². The molecular formula is C20H44. The Bertz CT molecular complexity index is 94.5. The summed E-state index contributed by atoms with van der Waals surface area (Å²) in [6.07, 6.45) is 23.0. The molecule has 0 heteroatoms. The van der Waals surface area contributed by atoms with Crippen LogP contribution in [0.5, 0.6) is 0 Å². The highest BCUT2D eigenvalue weighted by atomic mass is 14.0. The first kappa shape index (κ1) is 22.3. The fourth-order valence-corrected chi connectivity index (χ4v) is 2.41. The SMILES string of the molecule is C1CCCCC1.CCCCCCC.CCCCCCC. The van der Waals surface area contributed by atoms with Gasteiger partial charge in [0.15, 0.2) is 0 Å². The van der Waals surface area contributed by atoms with Crippen LogP contribution in [-0.4, -0.2) is 0 Å². The third-order valence-corrected chi connectivity index (χ3v) is 3.91. The molecule has 1 aliphatic carbocycles. The first-order chi connectivity index (χ1) is 9.83. The molecule has 1 aliphatic rings. The molecule has 0 spiro atoms. The summed E-state index contributed by atoms with van der Waals surface area (Å²) >= 11 is 0. The van der Waals surface area contributed by atoms with Crippen LogP contribution in [0.4, 0.5) is 0 Å². The van der Waals surface area contributed by atoms with Crippen molar-refractivity contribution in [3.8, 4) is 0 Å². The van der Waals surface area contributed by atoms with Crippen molar-refractivity contribution in [1.82, 2.24) is 0 Å². The number of unbranched alkanes of at least 4 members (excludes halogenated alkanes) is 8. The molecule has 0 unspecified atom stereocenters. The van der Waals surface area contributed by atoms with Crippen molar-refractivity contribution in [2.45, 2.75) is 130 Å². The standard InChI is InChI=1S/2C7H16.C6H12/c2*1-3-5-7-6-4-2;1-2-4-6-5-3-1/h2*3-7H2,1-2H3;1-6H2. The van der Waals surface area contributed by atoms with Crippen LogP contribution >= 0.6 is 0 Å². The zero-order valence-corrected chi connectivity index (χ0v) is 15.3. The predicted molar refractivity (Wildman–Crippen MR) is 96.6 cm³/mol. The van der Waals surface area contributed by atoms with E-state index in [9.17, 15) is 0 Å². The summed E-state index contributed by atoms with van der Waals surface area (Å²) in [6.45, 7) is 8.98. The lowest BCUT2D eigenvalue weighted by molar-refractivity contribution is 0.504. The lowest BCUT2D eigenvalue weighted by atomic mass is 10.0. The Morgan fingerprint density at radius 1 is 0.350 bits per heavy atom. The van der Waals surface area contributed by atoms with Gasteiger partial charge in [-0.1, -0.05) is 130 Å². The van der Waals surface area contributed by atoms with Crippen LogP contribution in [-0.2, 0) is 0 Å². The molecule has 1 saturated carbocycles. The van der Waals surface area contributed by atoms with Crippen LogP contribution in [0.1, 0.15) is 130 Å². The van der Waals surface area contributed by atoms with Crippen molar-refractivity contribution in [3.63, 3.8) is 0 Å². The topological polar surface area (TPSA) is 0 Å². The fourth-order valence-electron chi connectivity index (χ4n) is 2.41. The average Bonchev–Trinajstić information content (AvgIpc) is 2.51. The summed E-state index contributed by atoms with van der Waals surface area (Å²) in [5.41, 5.74) is 0. The van der Waals surface area contributed by atoms with Crippen LogP contribution in [0.15, 0.2) is 0 Å². The van der Waals surface area contributed by atoms with E-state index < -0.39 is 0 Å². The Balaban J connectivity index is 0. The molecule has 0 aromatic heterocycles. The summed E-state index contributed by atoms with van der Waals surface area (Å²) in [5.74, 6) is 0. The van der Waals surface area contributed by atoms with E-state index in [1.807, 2.05) is 0 Å². The second kappa shape index (κ2) is 24.0. The van der Waals surface area contributed by atoms with Crippen molar-refractivity contribution in [2.24, 2.45) is 0 Å². The Morgan fingerprint density at radius 2 is 0.550 bits per heavy atom. The Hall–Kier alpha value is 0. The van der Waals surface area contributed by atoms with E-state index in [4.69, 9.17) is 0 Å². The minimum Gasteiger partial charge on any atom is -0.0654 e. The molecule has 124 valence electrons. The average molecular weight is 285 g/mol. The highest BCUT2D eigenvalue weighted by Gasteiger charge is 1.95. The lowest BCUT2D eigenvalue weighted by Gasteiger charge is -2.05. The number of rotatable bonds is 8. The Kier molecular flexibility index (Phi) is 26.8. The maximum absolute atomic E-state index is 2.25.